The van der Waals surface area contributed by atoms with Crippen LogP contribution in [0, 0.1) is 0 Å². The molecule has 1 aromatic carbocycles. The van der Waals surface area contributed by atoms with E-state index < -0.39 is 0 Å². The highest BCUT2D eigenvalue weighted by molar-refractivity contribution is 8.00. The van der Waals surface area contributed by atoms with Gasteiger partial charge in [-0.25, -0.2) is 0 Å². The lowest BCUT2D eigenvalue weighted by Gasteiger charge is -2.31. The third-order valence-corrected chi connectivity index (χ3v) is 4.67. The normalized spacial score (nSPS) is 15.5. The Labute approximate surface area is 135 Å². The first-order chi connectivity index (χ1) is 9.16. The minimum absolute atomic E-state index is 0. The van der Waals surface area contributed by atoms with E-state index in [2.05, 4.69) is 5.32 Å². The van der Waals surface area contributed by atoms with Crippen molar-refractivity contribution in [2.24, 2.45) is 0 Å². The first-order valence-electron chi connectivity index (χ1n) is 6.51. The Balaban J connectivity index is 0.00000200. The van der Waals surface area contributed by atoms with Crippen molar-refractivity contribution in [1.82, 2.24) is 10.2 Å². The molecule has 3 nitrogen and oxygen atoms in total. The fourth-order valence-electron chi connectivity index (χ4n) is 2.18. The van der Waals surface area contributed by atoms with Crippen molar-refractivity contribution in [3.8, 4) is 0 Å². The number of nitrogens with one attached hydrogen (secondary N) is 1. The highest BCUT2D eigenvalue weighted by atomic mass is 35.5. The molecule has 20 heavy (non-hydrogen) atoms. The molecule has 1 amide bonds. The van der Waals surface area contributed by atoms with Crippen LogP contribution in [0.4, 0.5) is 0 Å². The second-order valence-corrected chi connectivity index (χ2v) is 6.21. The standard InChI is InChI=1S/C14H19ClN2OS.ClH/c1-17(12-6-8-16-9-7-12)14(18)10-19-13-4-2-11(15)3-5-13;/h2-5,12,16H,6-10H2,1H3;1H. The Morgan fingerprint density at radius 3 is 2.55 bits per heavy atom. The number of rotatable bonds is 4. The van der Waals surface area contributed by atoms with Crippen LogP contribution in [0.3, 0.4) is 0 Å². The highest BCUT2D eigenvalue weighted by Crippen LogP contribution is 2.21. The molecule has 1 aromatic rings. The number of carbonyl (C=O) groups excluding carboxylic acids is 1. The number of benzene rings is 1. The molecule has 1 fully saturated rings. The maximum Gasteiger partial charge on any atom is 0.232 e. The molecular formula is C14H20Cl2N2OS. The Hall–Kier alpha value is -0.420. The third-order valence-electron chi connectivity index (χ3n) is 3.43. The van der Waals surface area contributed by atoms with Crippen molar-refractivity contribution >= 4 is 41.7 Å². The number of piperidine rings is 1. The molecule has 0 saturated carbocycles. The molecule has 1 N–H and O–H groups in total. The van der Waals surface area contributed by atoms with E-state index in [-0.39, 0.29) is 18.3 Å². The summed E-state index contributed by atoms with van der Waals surface area (Å²) in [4.78, 5) is 15.1. The number of nitrogens with zero attached hydrogens (tertiary/aromatic N) is 1. The maximum absolute atomic E-state index is 12.1. The lowest BCUT2D eigenvalue weighted by molar-refractivity contribution is -0.129. The average Bonchev–Trinajstić information content (AvgIpc) is 2.46. The first kappa shape index (κ1) is 17.6. The molecule has 112 valence electrons. The van der Waals surface area contributed by atoms with Crippen molar-refractivity contribution in [3.63, 3.8) is 0 Å². The van der Waals surface area contributed by atoms with Crippen LogP contribution in [0.2, 0.25) is 5.02 Å². The van der Waals surface area contributed by atoms with Crippen molar-refractivity contribution in [1.29, 1.82) is 0 Å². The Morgan fingerprint density at radius 2 is 1.95 bits per heavy atom. The minimum atomic E-state index is 0. The smallest absolute Gasteiger partial charge is 0.232 e. The van der Waals surface area contributed by atoms with Crippen molar-refractivity contribution in [3.05, 3.63) is 29.3 Å². The first-order valence-corrected chi connectivity index (χ1v) is 7.88. The summed E-state index contributed by atoms with van der Waals surface area (Å²) in [5.74, 6) is 0.689. The zero-order valence-electron chi connectivity index (χ0n) is 11.5. The molecule has 1 aliphatic rings. The second-order valence-electron chi connectivity index (χ2n) is 4.73. The van der Waals surface area contributed by atoms with Gasteiger partial charge < -0.3 is 10.2 Å². The summed E-state index contributed by atoms with van der Waals surface area (Å²) in [6.07, 6.45) is 2.10. The second kappa shape index (κ2) is 8.78. The van der Waals surface area contributed by atoms with Gasteiger partial charge in [-0.3, -0.25) is 4.79 Å². The fourth-order valence-corrected chi connectivity index (χ4v) is 3.12. The average molecular weight is 335 g/mol. The van der Waals surface area contributed by atoms with Gasteiger partial charge in [0.15, 0.2) is 0 Å². The van der Waals surface area contributed by atoms with E-state index in [0.29, 0.717) is 11.8 Å². The Bertz CT molecular complexity index is 422. The monoisotopic (exact) mass is 334 g/mol. The van der Waals surface area contributed by atoms with E-state index in [9.17, 15) is 4.79 Å². The van der Waals surface area contributed by atoms with Crippen LogP contribution in [-0.2, 0) is 4.79 Å². The summed E-state index contributed by atoms with van der Waals surface area (Å²) in [6, 6.07) is 7.99. The molecule has 0 aliphatic carbocycles. The molecule has 1 saturated heterocycles. The van der Waals surface area contributed by atoms with Crippen LogP contribution in [0.5, 0.6) is 0 Å². The van der Waals surface area contributed by atoms with Crippen molar-refractivity contribution < 1.29 is 4.79 Å². The lowest BCUT2D eigenvalue weighted by Crippen LogP contribution is -2.44. The van der Waals surface area contributed by atoms with Crippen LogP contribution >= 0.6 is 35.8 Å². The van der Waals surface area contributed by atoms with Gasteiger partial charge in [-0.2, -0.15) is 0 Å². The largest absolute Gasteiger partial charge is 0.342 e. The quantitative estimate of drug-likeness (QED) is 0.859. The molecule has 1 heterocycles. The van der Waals surface area contributed by atoms with Gasteiger partial charge in [0.2, 0.25) is 5.91 Å². The predicted octanol–water partition coefficient (Wildman–Crippen LogP) is 3.06. The predicted molar refractivity (Wildman–Crippen MR) is 88.1 cm³/mol. The van der Waals surface area contributed by atoms with E-state index in [1.54, 1.807) is 11.8 Å². The summed E-state index contributed by atoms with van der Waals surface area (Å²) < 4.78 is 0. The summed E-state index contributed by atoms with van der Waals surface area (Å²) in [7, 11) is 1.92. The van der Waals surface area contributed by atoms with E-state index >= 15 is 0 Å². The van der Waals surface area contributed by atoms with Crippen LogP contribution in [-0.4, -0.2) is 42.7 Å². The molecule has 0 unspecified atom stereocenters. The third kappa shape index (κ3) is 5.17. The number of thioether (sulfide) groups is 1. The fraction of sp³-hybridized carbons (Fsp3) is 0.500. The molecule has 0 atom stereocenters. The van der Waals surface area contributed by atoms with E-state index in [1.165, 1.54) is 0 Å². The number of carbonyl (C=O) groups is 1. The molecule has 2 rings (SSSR count). The van der Waals surface area contributed by atoms with Crippen LogP contribution in [0.1, 0.15) is 12.8 Å². The van der Waals surface area contributed by atoms with Gasteiger partial charge in [0.05, 0.1) is 5.75 Å². The van der Waals surface area contributed by atoms with Crippen molar-refractivity contribution in [2.75, 3.05) is 25.9 Å². The van der Waals surface area contributed by atoms with Gasteiger partial charge >= 0.3 is 0 Å². The number of halogens is 2. The maximum atomic E-state index is 12.1. The summed E-state index contributed by atoms with van der Waals surface area (Å²) in [6.45, 7) is 2.01. The lowest BCUT2D eigenvalue weighted by atomic mass is 10.1. The van der Waals surface area contributed by atoms with E-state index in [1.807, 2.05) is 36.2 Å². The minimum Gasteiger partial charge on any atom is -0.342 e. The molecule has 0 radical (unpaired) electrons. The van der Waals surface area contributed by atoms with Gasteiger partial charge in [0.25, 0.3) is 0 Å². The van der Waals surface area contributed by atoms with Crippen molar-refractivity contribution in [2.45, 2.75) is 23.8 Å². The number of amides is 1. The summed E-state index contributed by atoms with van der Waals surface area (Å²) in [5, 5.41) is 4.04. The molecule has 0 spiro atoms. The number of hydrogen-bond donors (Lipinski definition) is 1. The van der Waals surface area contributed by atoms with Gasteiger partial charge in [0, 0.05) is 23.0 Å². The van der Waals surface area contributed by atoms with Crippen LogP contribution in [0.15, 0.2) is 29.2 Å². The molecule has 0 aromatic heterocycles. The molecule has 6 heteroatoms. The van der Waals surface area contributed by atoms with E-state index in [0.717, 1.165) is 35.8 Å². The zero-order valence-corrected chi connectivity index (χ0v) is 13.9. The van der Waals surface area contributed by atoms with Crippen LogP contribution in [0.25, 0.3) is 0 Å². The SMILES string of the molecule is CN(C(=O)CSc1ccc(Cl)cc1)C1CCNCC1.Cl. The molecule has 0 bridgehead atoms. The summed E-state index contributed by atoms with van der Waals surface area (Å²) in [5.41, 5.74) is 0. The van der Waals surface area contributed by atoms with Gasteiger partial charge in [-0.05, 0) is 50.2 Å². The number of hydrogen-bond acceptors (Lipinski definition) is 3. The highest BCUT2D eigenvalue weighted by Gasteiger charge is 2.21. The van der Waals surface area contributed by atoms with E-state index in [4.69, 9.17) is 11.6 Å². The van der Waals surface area contributed by atoms with Gasteiger partial charge in [0.1, 0.15) is 0 Å². The Kier molecular flexibility index (Phi) is 7.74. The zero-order chi connectivity index (χ0) is 13.7. The van der Waals surface area contributed by atoms with Gasteiger partial charge in [-0.1, -0.05) is 11.6 Å². The molecule has 1 aliphatic heterocycles. The topological polar surface area (TPSA) is 32.3 Å². The summed E-state index contributed by atoms with van der Waals surface area (Å²) >= 11 is 7.40. The van der Waals surface area contributed by atoms with Crippen LogP contribution < -0.4 is 5.32 Å². The Morgan fingerprint density at radius 1 is 1.35 bits per heavy atom. The van der Waals surface area contributed by atoms with Gasteiger partial charge in [-0.15, -0.1) is 24.2 Å². The molecular weight excluding hydrogens is 315 g/mol.